The molecule has 0 bridgehead atoms. The van der Waals surface area contributed by atoms with E-state index in [0.717, 1.165) is 16.9 Å². The van der Waals surface area contributed by atoms with Crippen LogP contribution in [0.15, 0.2) is 82.5 Å². The predicted molar refractivity (Wildman–Crippen MR) is 152 cm³/mol. The number of nitrogens with zero attached hydrogens (tertiary/aromatic N) is 4. The highest BCUT2D eigenvalue weighted by Gasteiger charge is 2.33. The van der Waals surface area contributed by atoms with Gasteiger partial charge in [0.1, 0.15) is 11.8 Å². The van der Waals surface area contributed by atoms with Crippen LogP contribution in [-0.4, -0.2) is 74.0 Å². The van der Waals surface area contributed by atoms with E-state index in [9.17, 15) is 18.0 Å². The molecule has 0 fully saturated rings. The minimum atomic E-state index is -4.34. The summed E-state index contributed by atoms with van der Waals surface area (Å²) in [5.41, 5.74) is 0.0228. The Hall–Kier alpha value is -3.60. The number of hydrogen-bond acceptors (Lipinski definition) is 6. The third-order valence-electron chi connectivity index (χ3n) is 6.48. The summed E-state index contributed by atoms with van der Waals surface area (Å²) in [6, 6.07) is 18.0. The number of aromatic nitrogens is 2. The van der Waals surface area contributed by atoms with E-state index >= 15 is 0 Å². The second-order valence-electron chi connectivity index (χ2n) is 9.46. The molecular formula is C28H31ClN4O5S. The van der Waals surface area contributed by atoms with Crippen molar-refractivity contribution in [3.63, 3.8) is 0 Å². The first-order chi connectivity index (χ1) is 18.6. The normalized spacial score (nSPS) is 12.6. The predicted octanol–water partition coefficient (Wildman–Crippen LogP) is 3.70. The third-order valence-corrected chi connectivity index (χ3v) is 8.41. The van der Waals surface area contributed by atoms with E-state index in [-0.39, 0.29) is 21.8 Å². The zero-order valence-corrected chi connectivity index (χ0v) is 23.8. The van der Waals surface area contributed by atoms with Gasteiger partial charge in [0.05, 0.1) is 23.0 Å². The summed E-state index contributed by atoms with van der Waals surface area (Å²) in [5, 5.41) is 0.300. The molecule has 1 heterocycles. The average Bonchev–Trinajstić information content (AvgIpc) is 3.20. The SMILES string of the molecule is COc1ccc(S(=O)(=O)n2c(=O)n(C(C(=O)N(C)CCCN(C)C)c3ccccc3)c3cc(Cl)ccc32)cc1. The molecule has 0 N–H and O–H groups in total. The van der Waals surface area contributed by atoms with E-state index in [1.807, 2.05) is 25.1 Å². The maximum absolute atomic E-state index is 14.1. The minimum Gasteiger partial charge on any atom is -0.497 e. The quantitative estimate of drug-likeness (QED) is 0.289. The summed E-state index contributed by atoms with van der Waals surface area (Å²) in [6.45, 7) is 1.24. The van der Waals surface area contributed by atoms with Gasteiger partial charge in [-0.15, -0.1) is 0 Å². The maximum Gasteiger partial charge on any atom is 0.344 e. The first-order valence-electron chi connectivity index (χ1n) is 12.3. The molecule has 0 aliphatic heterocycles. The molecule has 4 aromatic rings. The highest BCUT2D eigenvalue weighted by atomic mass is 35.5. The largest absolute Gasteiger partial charge is 0.497 e. The van der Waals surface area contributed by atoms with Gasteiger partial charge in [-0.05, 0) is 75.1 Å². The first kappa shape index (κ1) is 28.4. The van der Waals surface area contributed by atoms with Gasteiger partial charge in [-0.2, -0.15) is 3.97 Å². The van der Waals surface area contributed by atoms with Crippen molar-refractivity contribution in [1.29, 1.82) is 0 Å². The molecule has 1 unspecified atom stereocenters. The Balaban J connectivity index is 1.94. The van der Waals surface area contributed by atoms with Crippen LogP contribution in [0.1, 0.15) is 18.0 Å². The van der Waals surface area contributed by atoms with Crippen molar-refractivity contribution in [2.24, 2.45) is 0 Å². The molecule has 1 aromatic heterocycles. The zero-order valence-electron chi connectivity index (χ0n) is 22.2. The lowest BCUT2D eigenvalue weighted by atomic mass is 10.0. The lowest BCUT2D eigenvalue weighted by molar-refractivity contribution is -0.132. The summed E-state index contributed by atoms with van der Waals surface area (Å²) in [5.74, 6) is 0.130. The Bertz CT molecular complexity index is 1630. The number of ether oxygens (including phenoxy) is 1. The highest BCUT2D eigenvalue weighted by molar-refractivity contribution is 7.90. The number of benzene rings is 3. The van der Waals surface area contributed by atoms with E-state index in [0.29, 0.717) is 22.9 Å². The zero-order chi connectivity index (χ0) is 28.3. The van der Waals surface area contributed by atoms with Gasteiger partial charge in [0, 0.05) is 18.6 Å². The van der Waals surface area contributed by atoms with Gasteiger partial charge < -0.3 is 14.5 Å². The summed E-state index contributed by atoms with van der Waals surface area (Å²) in [6.07, 6.45) is 0.727. The van der Waals surface area contributed by atoms with E-state index < -0.39 is 21.8 Å². The fourth-order valence-corrected chi connectivity index (χ4v) is 6.04. The fourth-order valence-electron chi connectivity index (χ4n) is 4.48. The number of halogens is 1. The lowest BCUT2D eigenvalue weighted by Gasteiger charge is -2.25. The summed E-state index contributed by atoms with van der Waals surface area (Å²) >= 11 is 6.32. The van der Waals surface area contributed by atoms with Crippen molar-refractivity contribution < 1.29 is 17.9 Å². The number of amides is 1. The Morgan fingerprint density at radius 3 is 2.23 bits per heavy atom. The number of likely N-dealkylation sites (N-methyl/N-ethyl adjacent to an activating group) is 1. The molecule has 3 aromatic carbocycles. The first-order valence-corrected chi connectivity index (χ1v) is 14.1. The smallest absolute Gasteiger partial charge is 0.344 e. The summed E-state index contributed by atoms with van der Waals surface area (Å²) in [7, 11) is 2.72. The summed E-state index contributed by atoms with van der Waals surface area (Å²) in [4.78, 5) is 31.5. The molecule has 4 rings (SSSR count). The van der Waals surface area contributed by atoms with Crippen LogP contribution in [0.25, 0.3) is 11.0 Å². The number of imidazole rings is 1. The van der Waals surface area contributed by atoms with Gasteiger partial charge in [0.2, 0.25) is 5.91 Å². The number of methoxy groups -OCH3 is 1. The third kappa shape index (κ3) is 5.73. The van der Waals surface area contributed by atoms with Crippen LogP contribution in [-0.2, 0) is 14.8 Å². The van der Waals surface area contributed by atoms with E-state index in [2.05, 4.69) is 0 Å². The monoisotopic (exact) mass is 570 g/mol. The van der Waals surface area contributed by atoms with Crippen LogP contribution in [0.2, 0.25) is 5.02 Å². The van der Waals surface area contributed by atoms with Crippen molar-refractivity contribution in [2.75, 3.05) is 41.3 Å². The topological polar surface area (TPSA) is 93.8 Å². The fraction of sp³-hybridized carbons (Fsp3) is 0.286. The highest BCUT2D eigenvalue weighted by Crippen LogP contribution is 2.29. The number of carbonyl (C=O) groups is 1. The Morgan fingerprint density at radius 1 is 0.949 bits per heavy atom. The van der Waals surface area contributed by atoms with Crippen molar-refractivity contribution in [2.45, 2.75) is 17.4 Å². The van der Waals surface area contributed by atoms with E-state index in [4.69, 9.17) is 16.3 Å². The van der Waals surface area contributed by atoms with Crippen molar-refractivity contribution in [3.8, 4) is 5.75 Å². The number of hydrogen-bond donors (Lipinski definition) is 0. The van der Waals surface area contributed by atoms with Crippen molar-refractivity contribution in [3.05, 3.63) is 93.9 Å². The van der Waals surface area contributed by atoms with Crippen LogP contribution >= 0.6 is 11.6 Å². The molecule has 9 nitrogen and oxygen atoms in total. The Labute approximate surface area is 232 Å². The molecule has 0 saturated carbocycles. The molecule has 206 valence electrons. The van der Waals surface area contributed by atoms with Crippen LogP contribution in [0, 0.1) is 0 Å². The van der Waals surface area contributed by atoms with E-state index in [1.165, 1.54) is 54.1 Å². The number of carbonyl (C=O) groups excluding carboxylic acids is 1. The molecule has 0 spiro atoms. The van der Waals surface area contributed by atoms with Gasteiger partial charge in [-0.3, -0.25) is 9.36 Å². The molecule has 11 heteroatoms. The van der Waals surface area contributed by atoms with Crippen LogP contribution in [0.5, 0.6) is 5.75 Å². The van der Waals surface area contributed by atoms with Gasteiger partial charge in [0.15, 0.2) is 0 Å². The molecule has 39 heavy (non-hydrogen) atoms. The Kier molecular flexibility index (Phi) is 8.48. The maximum atomic E-state index is 14.1. The second-order valence-corrected chi connectivity index (χ2v) is 11.7. The Morgan fingerprint density at radius 2 is 1.62 bits per heavy atom. The summed E-state index contributed by atoms with van der Waals surface area (Å²) < 4.78 is 34.7. The van der Waals surface area contributed by atoms with Gasteiger partial charge in [-0.1, -0.05) is 41.9 Å². The number of rotatable bonds is 10. The molecular weight excluding hydrogens is 540 g/mol. The molecule has 1 atom stereocenters. The van der Waals surface area contributed by atoms with E-state index in [1.54, 1.807) is 36.2 Å². The standard InChI is InChI=1S/C28H31ClN4O5S/c1-30(2)17-8-18-31(3)27(34)26(20-9-6-5-7-10-20)32-25-19-21(29)11-16-24(25)33(28(32)35)39(36,37)23-14-12-22(38-4)13-15-23/h5-7,9-16,19,26H,8,17-18H2,1-4H3. The molecule has 0 radical (unpaired) electrons. The molecule has 0 saturated heterocycles. The van der Waals surface area contributed by atoms with Crippen LogP contribution in [0.3, 0.4) is 0 Å². The molecule has 0 aliphatic rings. The van der Waals surface area contributed by atoms with Crippen molar-refractivity contribution in [1.82, 2.24) is 18.3 Å². The van der Waals surface area contributed by atoms with Crippen molar-refractivity contribution >= 4 is 38.6 Å². The van der Waals surface area contributed by atoms with Gasteiger partial charge in [0.25, 0.3) is 10.0 Å². The van der Waals surface area contributed by atoms with Gasteiger partial charge >= 0.3 is 5.69 Å². The molecule has 1 amide bonds. The number of fused-ring (bicyclic) bond motifs is 1. The second kappa shape index (κ2) is 11.6. The minimum absolute atomic E-state index is 0.0946. The lowest BCUT2D eigenvalue weighted by Crippen LogP contribution is -2.41. The molecule has 0 aliphatic carbocycles. The van der Waals surface area contributed by atoms with Crippen LogP contribution < -0.4 is 10.4 Å². The van der Waals surface area contributed by atoms with Gasteiger partial charge in [-0.25, -0.2) is 13.2 Å². The average molecular weight is 571 g/mol. The van der Waals surface area contributed by atoms with Crippen LogP contribution in [0.4, 0.5) is 0 Å².